The van der Waals surface area contributed by atoms with Crippen molar-refractivity contribution in [3.8, 4) is 23.1 Å². The molecule has 0 amide bonds. The van der Waals surface area contributed by atoms with E-state index in [-0.39, 0.29) is 66.8 Å². The van der Waals surface area contributed by atoms with Crippen LogP contribution in [0.2, 0.25) is 5.02 Å². The lowest BCUT2D eigenvalue weighted by Crippen LogP contribution is -2.68. The zero-order valence-corrected chi connectivity index (χ0v) is 26.3. The molecule has 8 rings (SSSR count). The summed E-state index contributed by atoms with van der Waals surface area (Å²) >= 11 is 6.04. The van der Waals surface area contributed by atoms with Gasteiger partial charge < -0.3 is 29.7 Å². The van der Waals surface area contributed by atoms with Crippen LogP contribution in [0.25, 0.3) is 22.2 Å². The number of nitrogens with zero attached hydrogens (tertiary/aromatic N) is 6. The largest absolute Gasteiger partial charge is 0.474 e. The fraction of sp³-hybridized carbons (Fsp3) is 0.581. The van der Waals surface area contributed by atoms with E-state index >= 15 is 4.39 Å². The molecule has 1 aromatic carbocycles. The molecular formula is C31H33ClF5N7O3. The van der Waals surface area contributed by atoms with E-state index in [1.165, 1.54) is 0 Å². The van der Waals surface area contributed by atoms with Crippen molar-refractivity contribution in [2.24, 2.45) is 0 Å². The molecule has 10 nitrogen and oxygen atoms in total. The maximum Gasteiger partial charge on any atom is 0.418 e. The monoisotopic (exact) mass is 681 g/mol. The van der Waals surface area contributed by atoms with E-state index in [0.29, 0.717) is 19.5 Å². The van der Waals surface area contributed by atoms with Gasteiger partial charge in [0.1, 0.15) is 47.3 Å². The zero-order valence-electron chi connectivity index (χ0n) is 25.5. The normalized spacial score (nSPS) is 27.0. The number of halogens is 6. The predicted molar refractivity (Wildman–Crippen MR) is 163 cm³/mol. The number of pyridine rings is 1. The summed E-state index contributed by atoms with van der Waals surface area (Å²) in [6.07, 6.45) is -3.10. The summed E-state index contributed by atoms with van der Waals surface area (Å²) in [5, 5.41) is -0.587. The fourth-order valence-corrected chi connectivity index (χ4v) is 8.10. The summed E-state index contributed by atoms with van der Waals surface area (Å²) < 4.78 is 92.4. The molecule has 47 heavy (non-hydrogen) atoms. The summed E-state index contributed by atoms with van der Waals surface area (Å²) in [5.41, 5.74) is 1.62. The van der Waals surface area contributed by atoms with E-state index in [0.717, 1.165) is 44.5 Å². The minimum Gasteiger partial charge on any atom is -0.474 e. The number of nitrogens with two attached hydrogens (primary N) is 1. The van der Waals surface area contributed by atoms with Crippen LogP contribution in [0.1, 0.15) is 31.2 Å². The molecule has 16 heteroatoms. The predicted octanol–water partition coefficient (Wildman–Crippen LogP) is 4.71. The van der Waals surface area contributed by atoms with Gasteiger partial charge in [-0.1, -0.05) is 11.6 Å². The lowest BCUT2D eigenvalue weighted by molar-refractivity contribution is -0.137. The number of hydrogen-bond acceptors (Lipinski definition) is 10. The summed E-state index contributed by atoms with van der Waals surface area (Å²) in [6, 6.07) is 1.92. The standard InChI is InChI=1S/C31H33ClF5N7O3/c1-42-6-3-18(42)11-44-26-21-25(40-28(41-26)47-14-29-4-2-5-43(29)10-16(33)9-29)23(34)24(39-27(21)46-15-30(44)12-45-13-30)19-7-17(38)8-20(32)22(19)31(35,36)37/h7-8,16,18H,2-6,9-15,38H2,1H3/t16-,18?,29+/m1/s1. The number of likely N-dealkylation sites (N-methyl/N-ethyl adjacent to an activating group) is 1. The van der Waals surface area contributed by atoms with E-state index < -0.39 is 51.1 Å². The van der Waals surface area contributed by atoms with Gasteiger partial charge in [0.25, 0.3) is 0 Å². The quantitative estimate of drug-likeness (QED) is 0.291. The molecule has 0 saturated carbocycles. The highest BCUT2D eigenvalue weighted by Gasteiger charge is 2.52. The average Bonchev–Trinajstić information content (AvgIpc) is 3.46. The molecule has 4 fully saturated rings. The number of likely N-dealkylation sites (tertiary alicyclic amines) is 1. The molecule has 3 aromatic rings. The Balaban J connectivity index is 1.32. The SMILES string of the molecule is CN1CCC1CN1c2nc(OC[C@@]34CCCN3C[C@H](F)C4)nc3c(F)c(-c4cc(N)cc(Cl)c4C(F)(F)F)nc(c23)OCC12COC2. The van der Waals surface area contributed by atoms with Crippen LogP contribution in [0.15, 0.2) is 12.1 Å². The Labute approximate surface area is 271 Å². The Bertz CT molecular complexity index is 1760. The summed E-state index contributed by atoms with van der Waals surface area (Å²) in [5.74, 6) is -0.979. The second-order valence-corrected chi connectivity index (χ2v) is 13.9. The minimum absolute atomic E-state index is 0.0585. The summed E-state index contributed by atoms with van der Waals surface area (Å²) in [4.78, 5) is 19.9. The molecule has 4 saturated heterocycles. The Kier molecular flexibility index (Phi) is 7.18. The van der Waals surface area contributed by atoms with Crippen molar-refractivity contribution < 1.29 is 36.2 Å². The van der Waals surface area contributed by atoms with Gasteiger partial charge in [-0.15, -0.1) is 0 Å². The number of aromatic nitrogens is 3. The molecule has 7 heterocycles. The van der Waals surface area contributed by atoms with Crippen LogP contribution in [0.3, 0.4) is 0 Å². The average molecular weight is 682 g/mol. The van der Waals surface area contributed by atoms with E-state index in [2.05, 4.69) is 19.8 Å². The molecule has 3 atom stereocenters. The third-order valence-electron chi connectivity index (χ3n) is 10.5. The van der Waals surface area contributed by atoms with Crippen molar-refractivity contribution in [3.05, 3.63) is 28.5 Å². The van der Waals surface area contributed by atoms with Crippen LogP contribution in [0.4, 0.5) is 33.5 Å². The number of anilines is 2. The first kappa shape index (κ1) is 31.0. The van der Waals surface area contributed by atoms with Gasteiger partial charge in [0.2, 0.25) is 5.88 Å². The molecule has 1 unspecified atom stereocenters. The minimum atomic E-state index is -4.95. The highest BCUT2D eigenvalue weighted by atomic mass is 35.5. The maximum absolute atomic E-state index is 16.8. The Hall–Kier alpha value is -3.27. The van der Waals surface area contributed by atoms with Gasteiger partial charge >= 0.3 is 12.2 Å². The van der Waals surface area contributed by atoms with Gasteiger partial charge in [0.05, 0.1) is 29.3 Å². The lowest BCUT2D eigenvalue weighted by Gasteiger charge is -2.51. The fourth-order valence-electron chi connectivity index (χ4n) is 7.77. The number of alkyl halides is 4. The third-order valence-corrected chi connectivity index (χ3v) is 10.8. The van der Waals surface area contributed by atoms with E-state index in [9.17, 15) is 17.6 Å². The van der Waals surface area contributed by atoms with Crippen LogP contribution < -0.4 is 20.1 Å². The number of fused-ring (bicyclic) bond motifs is 1. The van der Waals surface area contributed by atoms with Gasteiger partial charge in [-0.05, 0) is 51.5 Å². The van der Waals surface area contributed by atoms with Gasteiger partial charge in [-0.2, -0.15) is 23.1 Å². The van der Waals surface area contributed by atoms with Crippen molar-refractivity contribution in [1.82, 2.24) is 24.8 Å². The molecule has 0 bridgehead atoms. The second kappa shape index (κ2) is 10.9. The molecule has 5 aliphatic rings. The van der Waals surface area contributed by atoms with Crippen molar-refractivity contribution in [1.29, 1.82) is 0 Å². The first-order chi connectivity index (χ1) is 22.4. The molecule has 1 spiro atoms. The Morgan fingerprint density at radius 1 is 1.15 bits per heavy atom. The molecule has 2 aromatic heterocycles. The highest BCUT2D eigenvalue weighted by molar-refractivity contribution is 6.32. The Morgan fingerprint density at radius 3 is 2.64 bits per heavy atom. The lowest BCUT2D eigenvalue weighted by atomic mass is 9.93. The molecule has 5 aliphatic heterocycles. The molecule has 2 N–H and O–H groups in total. The second-order valence-electron chi connectivity index (χ2n) is 13.5. The highest BCUT2D eigenvalue weighted by Crippen LogP contribution is 2.48. The van der Waals surface area contributed by atoms with Crippen LogP contribution in [0, 0.1) is 5.82 Å². The van der Waals surface area contributed by atoms with Crippen LogP contribution in [0.5, 0.6) is 11.9 Å². The topological polar surface area (TPSA) is 102 Å². The van der Waals surface area contributed by atoms with Crippen molar-refractivity contribution in [2.45, 2.75) is 55.2 Å². The van der Waals surface area contributed by atoms with Crippen molar-refractivity contribution in [2.75, 3.05) is 70.3 Å². The first-order valence-corrected chi connectivity index (χ1v) is 16.0. The van der Waals surface area contributed by atoms with Gasteiger partial charge in [0.15, 0.2) is 5.82 Å². The van der Waals surface area contributed by atoms with Gasteiger partial charge in [0, 0.05) is 36.8 Å². The summed E-state index contributed by atoms with van der Waals surface area (Å²) in [6.45, 7) is 3.18. The van der Waals surface area contributed by atoms with Crippen LogP contribution >= 0.6 is 11.6 Å². The molecule has 0 radical (unpaired) electrons. The molecular weight excluding hydrogens is 649 g/mol. The van der Waals surface area contributed by atoms with E-state index in [1.54, 1.807) is 0 Å². The van der Waals surface area contributed by atoms with Gasteiger partial charge in [-0.3, -0.25) is 4.90 Å². The number of ether oxygens (including phenoxy) is 3. The third kappa shape index (κ3) is 4.94. The number of benzene rings is 1. The van der Waals surface area contributed by atoms with E-state index in [4.69, 9.17) is 36.5 Å². The number of nitrogen functional groups attached to an aromatic ring is 1. The Morgan fingerprint density at radius 2 is 1.96 bits per heavy atom. The molecule has 0 aliphatic carbocycles. The van der Waals surface area contributed by atoms with Crippen LogP contribution in [-0.2, 0) is 10.9 Å². The smallest absolute Gasteiger partial charge is 0.418 e. The summed E-state index contributed by atoms with van der Waals surface area (Å²) in [7, 11) is 2.01. The maximum atomic E-state index is 16.8. The van der Waals surface area contributed by atoms with Crippen LogP contribution in [-0.4, -0.2) is 108 Å². The van der Waals surface area contributed by atoms with Crippen molar-refractivity contribution in [3.63, 3.8) is 0 Å². The molecule has 252 valence electrons. The zero-order chi connectivity index (χ0) is 32.9. The van der Waals surface area contributed by atoms with Crippen molar-refractivity contribution >= 4 is 34.0 Å². The first-order valence-electron chi connectivity index (χ1n) is 15.7. The van der Waals surface area contributed by atoms with Gasteiger partial charge in [-0.25, -0.2) is 13.8 Å². The number of hydrogen-bond donors (Lipinski definition) is 1. The van der Waals surface area contributed by atoms with E-state index in [1.807, 2.05) is 11.9 Å². The number of rotatable bonds is 6.